The molecular weight excluding hydrogens is 615 g/mol. The minimum Gasteiger partial charge on any atom is -0.481 e. The molecule has 7 N–H and O–H groups in total. The average molecular weight is 643 g/mol. The number of halogens is 2. The fraction of sp³-hybridized carbons (Fsp3) is 0.207. The van der Waals surface area contributed by atoms with E-state index in [4.69, 9.17) is 43.2 Å². The molecule has 13 nitrogen and oxygen atoms in total. The second-order valence-corrected chi connectivity index (χ2v) is 10.2. The maximum absolute atomic E-state index is 12.0. The summed E-state index contributed by atoms with van der Waals surface area (Å²) in [7, 11) is 0. The van der Waals surface area contributed by atoms with Crippen LogP contribution in [0.15, 0.2) is 59.0 Å². The molecule has 0 aliphatic heterocycles. The monoisotopic (exact) mass is 642 g/mol. The van der Waals surface area contributed by atoms with Crippen molar-refractivity contribution in [3.8, 4) is 11.3 Å². The Balaban J connectivity index is 1.58. The van der Waals surface area contributed by atoms with Gasteiger partial charge in [0.15, 0.2) is 11.6 Å². The van der Waals surface area contributed by atoms with Crippen molar-refractivity contribution >= 4 is 64.1 Å². The number of aryl methyl sites for hydroxylation is 1. The Bertz CT molecular complexity index is 1680. The molecule has 0 bridgehead atoms. The molecule has 0 spiro atoms. The zero-order chi connectivity index (χ0) is 31.8. The number of benzene rings is 2. The molecule has 1 atom stereocenters. The van der Waals surface area contributed by atoms with Crippen molar-refractivity contribution in [3.63, 3.8) is 0 Å². The molecule has 0 radical (unpaired) electrons. The van der Waals surface area contributed by atoms with Gasteiger partial charge >= 0.3 is 17.9 Å². The Morgan fingerprint density at radius 1 is 1.02 bits per heavy atom. The van der Waals surface area contributed by atoms with E-state index in [2.05, 4.69) is 25.9 Å². The van der Waals surface area contributed by atoms with E-state index in [1.54, 1.807) is 55.5 Å². The van der Waals surface area contributed by atoms with E-state index in [1.807, 2.05) is 0 Å². The summed E-state index contributed by atoms with van der Waals surface area (Å²) in [5.74, 6) is -1.24. The van der Waals surface area contributed by atoms with Crippen LogP contribution in [0, 0.1) is 6.92 Å². The van der Waals surface area contributed by atoms with Gasteiger partial charge in [-0.05, 0) is 49.4 Å². The van der Waals surface area contributed by atoms with Crippen LogP contribution in [-0.2, 0) is 20.9 Å². The predicted molar refractivity (Wildman–Crippen MR) is 165 cm³/mol. The average Bonchev–Trinajstić information content (AvgIpc) is 3.44. The molecule has 0 amide bonds. The molecule has 0 aliphatic rings. The maximum atomic E-state index is 12.0. The number of carbonyl (C=O) groups is 3. The van der Waals surface area contributed by atoms with Crippen LogP contribution in [0.5, 0.6) is 0 Å². The number of aromatic carboxylic acids is 1. The smallest absolute Gasteiger partial charge is 0.337 e. The van der Waals surface area contributed by atoms with Crippen LogP contribution >= 0.6 is 23.2 Å². The number of aromatic nitrogens is 2. The van der Waals surface area contributed by atoms with Crippen molar-refractivity contribution in [1.82, 2.24) is 9.97 Å². The Kier molecular flexibility index (Phi) is 10.6. The van der Waals surface area contributed by atoms with Gasteiger partial charge in [0, 0.05) is 10.6 Å². The fourth-order valence-electron chi connectivity index (χ4n) is 4.04. The number of aliphatic carboxylic acids is 1. The van der Waals surface area contributed by atoms with Crippen molar-refractivity contribution in [1.29, 1.82) is 0 Å². The van der Waals surface area contributed by atoms with E-state index in [0.717, 1.165) is 0 Å². The molecule has 4 rings (SSSR count). The standard InChI is InChI=1S/C29H28Cl2N6O7/c1-15-35-26(33-10-11-43-29(42)21(32)13-24(38)39)25(27(36-15)37-22-5-3-2-4-18(22)28(40)41)34-14-17-7-9-23(44-17)19-12-16(30)6-8-20(19)31/h2-9,12,21,34H,10-11,13-14,32H2,1H3,(H,38,39)(H,40,41)(H2,33,35,36,37). The topological polar surface area (TPSA) is 202 Å². The first-order valence-electron chi connectivity index (χ1n) is 13.2. The predicted octanol–water partition coefficient (Wildman–Crippen LogP) is 5.16. The molecule has 2 aromatic carbocycles. The number of nitrogens with two attached hydrogens (primary N) is 1. The molecule has 0 saturated heterocycles. The summed E-state index contributed by atoms with van der Waals surface area (Å²) < 4.78 is 11.1. The maximum Gasteiger partial charge on any atom is 0.337 e. The molecule has 15 heteroatoms. The lowest BCUT2D eigenvalue weighted by Gasteiger charge is -2.18. The number of nitrogens with zero attached hydrogens (tertiary/aromatic N) is 2. The second-order valence-electron chi connectivity index (χ2n) is 9.36. The van der Waals surface area contributed by atoms with Gasteiger partial charge in [0.05, 0.1) is 35.8 Å². The summed E-state index contributed by atoms with van der Waals surface area (Å²) in [6.45, 7) is 1.76. The van der Waals surface area contributed by atoms with Gasteiger partial charge in [-0.15, -0.1) is 0 Å². The van der Waals surface area contributed by atoms with E-state index in [1.165, 1.54) is 6.07 Å². The zero-order valence-corrected chi connectivity index (χ0v) is 24.8. The molecule has 230 valence electrons. The van der Waals surface area contributed by atoms with Crippen LogP contribution in [0.4, 0.5) is 23.0 Å². The Morgan fingerprint density at radius 3 is 2.52 bits per heavy atom. The number of para-hydroxylation sites is 1. The highest BCUT2D eigenvalue weighted by molar-refractivity contribution is 6.35. The largest absolute Gasteiger partial charge is 0.481 e. The lowest BCUT2D eigenvalue weighted by molar-refractivity contribution is -0.149. The summed E-state index contributed by atoms with van der Waals surface area (Å²) in [6.07, 6.45) is -0.559. The van der Waals surface area contributed by atoms with E-state index in [-0.39, 0.29) is 31.1 Å². The van der Waals surface area contributed by atoms with Crippen LogP contribution in [0.2, 0.25) is 10.0 Å². The van der Waals surface area contributed by atoms with Crippen molar-refractivity contribution in [3.05, 3.63) is 81.8 Å². The summed E-state index contributed by atoms with van der Waals surface area (Å²) in [5, 5.41) is 28.8. The van der Waals surface area contributed by atoms with Gasteiger partial charge in [0.1, 0.15) is 35.7 Å². The van der Waals surface area contributed by atoms with Crippen molar-refractivity contribution in [2.75, 3.05) is 29.1 Å². The van der Waals surface area contributed by atoms with E-state index < -0.39 is 30.4 Å². The minimum atomic E-state index is -1.30. The lowest BCUT2D eigenvalue weighted by atomic mass is 10.2. The van der Waals surface area contributed by atoms with E-state index in [0.29, 0.717) is 50.1 Å². The summed E-state index contributed by atoms with van der Waals surface area (Å²) in [4.78, 5) is 43.6. The molecule has 0 saturated carbocycles. The number of nitrogens with one attached hydrogen (secondary N) is 3. The molecule has 0 fully saturated rings. The minimum absolute atomic E-state index is 0.0305. The number of rotatable bonds is 14. The number of carboxylic acids is 2. The Hall–Kier alpha value is -4.85. The Labute approximate surface area is 261 Å². The normalized spacial score (nSPS) is 11.5. The van der Waals surface area contributed by atoms with Gasteiger partial charge in [-0.25, -0.2) is 14.8 Å². The SMILES string of the molecule is Cc1nc(NCCOC(=O)C(N)CC(=O)O)c(NCc2ccc(-c3cc(Cl)ccc3Cl)o2)c(Nc2ccccc2C(=O)O)n1. The summed E-state index contributed by atoms with van der Waals surface area (Å²) >= 11 is 12.5. The molecule has 44 heavy (non-hydrogen) atoms. The molecule has 1 unspecified atom stereocenters. The zero-order valence-electron chi connectivity index (χ0n) is 23.3. The van der Waals surface area contributed by atoms with Crippen LogP contribution in [0.25, 0.3) is 11.3 Å². The van der Waals surface area contributed by atoms with Crippen molar-refractivity contribution in [2.24, 2.45) is 5.73 Å². The summed E-state index contributed by atoms with van der Waals surface area (Å²) in [5.41, 5.74) is 6.86. The van der Waals surface area contributed by atoms with Gasteiger partial charge < -0.3 is 41.1 Å². The fourth-order valence-corrected chi connectivity index (χ4v) is 4.43. The summed E-state index contributed by atoms with van der Waals surface area (Å²) in [6, 6.07) is 13.6. The number of hydrogen-bond acceptors (Lipinski definition) is 11. The number of anilines is 4. The van der Waals surface area contributed by atoms with Gasteiger partial charge in [-0.3, -0.25) is 9.59 Å². The van der Waals surface area contributed by atoms with Gasteiger partial charge in [0.25, 0.3) is 0 Å². The van der Waals surface area contributed by atoms with Crippen LogP contribution in [0.3, 0.4) is 0 Å². The van der Waals surface area contributed by atoms with Crippen molar-refractivity contribution in [2.45, 2.75) is 25.9 Å². The van der Waals surface area contributed by atoms with Crippen molar-refractivity contribution < 1.29 is 33.8 Å². The quantitative estimate of drug-likeness (QED) is 0.0778. The number of furan rings is 1. The molecule has 0 aliphatic carbocycles. The highest BCUT2D eigenvalue weighted by atomic mass is 35.5. The first kappa shape index (κ1) is 32.1. The third kappa shape index (κ3) is 8.37. The number of carbonyl (C=O) groups excluding carboxylic acids is 1. The lowest BCUT2D eigenvalue weighted by Crippen LogP contribution is -2.35. The molecule has 2 aromatic heterocycles. The third-order valence-corrected chi connectivity index (χ3v) is 6.63. The first-order valence-corrected chi connectivity index (χ1v) is 13.9. The van der Waals surface area contributed by atoms with Crippen LogP contribution < -0.4 is 21.7 Å². The van der Waals surface area contributed by atoms with E-state index in [9.17, 15) is 19.5 Å². The van der Waals surface area contributed by atoms with Gasteiger partial charge in [0.2, 0.25) is 0 Å². The van der Waals surface area contributed by atoms with Gasteiger partial charge in [-0.1, -0.05) is 35.3 Å². The molecule has 2 heterocycles. The second kappa shape index (κ2) is 14.6. The third-order valence-electron chi connectivity index (χ3n) is 6.06. The van der Waals surface area contributed by atoms with E-state index >= 15 is 0 Å². The number of esters is 1. The molecular formula is C29H28Cl2N6O7. The first-order chi connectivity index (χ1) is 21.0. The number of hydrogen-bond donors (Lipinski definition) is 6. The highest BCUT2D eigenvalue weighted by Crippen LogP contribution is 2.34. The number of carboxylic acid groups (broad SMARTS) is 2. The highest BCUT2D eigenvalue weighted by Gasteiger charge is 2.20. The van der Waals surface area contributed by atoms with Gasteiger partial charge in [-0.2, -0.15) is 0 Å². The number of ether oxygens (including phenoxy) is 1. The van der Waals surface area contributed by atoms with Crippen LogP contribution in [-0.4, -0.2) is 57.3 Å². The Morgan fingerprint density at radius 2 is 1.77 bits per heavy atom. The van der Waals surface area contributed by atoms with Crippen LogP contribution in [0.1, 0.15) is 28.4 Å². The molecule has 4 aromatic rings.